The third kappa shape index (κ3) is 4.88. The quantitative estimate of drug-likeness (QED) is 0.649. The molecule has 0 nitrogen and oxygen atoms in total. The minimum absolute atomic E-state index is 0. The van der Waals surface area contributed by atoms with E-state index in [-0.39, 0.29) is 4.70 Å². The Bertz CT molecular complexity index is 30.0. The molecule has 0 bridgehead atoms. The summed E-state index contributed by atoms with van der Waals surface area (Å²) in [5.74, 6) is 0. The molecule has 0 amide bonds. The molecule has 0 fully saturated rings. The molecule has 0 rings (SSSR count). The van der Waals surface area contributed by atoms with Gasteiger partial charge in [-0.05, 0) is 0 Å². The first-order valence-corrected chi connectivity index (χ1v) is 9.24. The molecular weight excluding hydrogens is 210 g/mol. The summed E-state index contributed by atoms with van der Waals surface area (Å²) in [6.45, 7) is 7.05. The molecule has 0 aromatic heterocycles. The van der Waals surface area contributed by atoms with Crippen LogP contribution in [0.4, 0.5) is 4.70 Å². The topological polar surface area (TPSA) is 0 Å². The van der Waals surface area contributed by atoms with Crippen molar-refractivity contribution >= 4 is 19.8 Å². The number of hydrogen-bond donors (Lipinski definition) is 0. The molecule has 0 N–H and O–H groups in total. The predicted molar refractivity (Wildman–Crippen MR) is 39.7 cm³/mol. The van der Waals surface area contributed by atoms with Crippen molar-refractivity contribution in [3.05, 3.63) is 0 Å². The van der Waals surface area contributed by atoms with Gasteiger partial charge in [-0.25, -0.2) is 0 Å². The first-order valence-electron chi connectivity index (χ1n) is 3.18. The normalized spacial score (nSPS) is 9.00. The molecule has 0 spiro atoms. The zero-order valence-corrected chi connectivity index (χ0v) is 8.88. The smallest absolute Gasteiger partial charge is 0.269 e. The summed E-state index contributed by atoms with van der Waals surface area (Å²) in [6.07, 6.45) is 0. The van der Waals surface area contributed by atoms with Gasteiger partial charge in [-0.3, -0.25) is 4.70 Å². The van der Waals surface area contributed by atoms with Crippen molar-refractivity contribution in [1.29, 1.82) is 0 Å². The maximum absolute atomic E-state index is 2.35. The van der Waals surface area contributed by atoms with Crippen molar-refractivity contribution in [1.82, 2.24) is 0 Å². The minimum atomic E-state index is -0.653. The van der Waals surface area contributed by atoms with Crippen molar-refractivity contribution < 1.29 is 4.70 Å². The Hall–Kier alpha value is 0.729. The molecule has 2 heteroatoms. The maximum atomic E-state index is 2.35. The number of rotatable bonds is 3. The van der Waals surface area contributed by atoms with E-state index in [0.717, 1.165) is 0 Å². The molecule has 0 unspecified atom stereocenters. The van der Waals surface area contributed by atoms with Gasteiger partial charge in [0.25, 0.3) is 0 Å². The van der Waals surface area contributed by atoms with Gasteiger partial charge in [0.05, 0.1) is 0 Å². The zero-order chi connectivity index (χ0) is 5.70. The van der Waals surface area contributed by atoms with E-state index < -0.39 is 19.8 Å². The van der Waals surface area contributed by atoms with Gasteiger partial charge in [0.2, 0.25) is 0 Å². The standard InChI is InChI=1S/3C2H5.FH.Sn/c3*1-2;;/h3*1H2,2H3;1H;. The van der Waals surface area contributed by atoms with E-state index >= 15 is 0 Å². The number of hydrogen-bond acceptors (Lipinski definition) is 0. The van der Waals surface area contributed by atoms with Crippen LogP contribution >= 0.6 is 0 Å². The first-order chi connectivity index (χ1) is 3.35. The Balaban J connectivity index is 0. The van der Waals surface area contributed by atoms with E-state index in [0.29, 0.717) is 0 Å². The van der Waals surface area contributed by atoms with Crippen molar-refractivity contribution in [2.75, 3.05) is 0 Å². The summed E-state index contributed by atoms with van der Waals surface area (Å²) in [5.41, 5.74) is 0. The zero-order valence-electron chi connectivity index (χ0n) is 6.03. The fraction of sp³-hybridized carbons (Fsp3) is 1.00. The third-order valence-corrected chi connectivity index (χ3v) is 10.1. The average Bonchev–Trinajstić information content (AvgIpc) is 1.72. The summed E-state index contributed by atoms with van der Waals surface area (Å²) < 4.78 is 4.65. The van der Waals surface area contributed by atoms with E-state index in [1.165, 1.54) is 0 Å². The molecule has 0 aromatic rings. The molecule has 0 aliphatic rings. The molecule has 51 valence electrons. The summed E-state index contributed by atoms with van der Waals surface area (Å²) in [6, 6.07) is 0. The van der Waals surface area contributed by atoms with Crippen LogP contribution in [0.3, 0.4) is 0 Å². The fourth-order valence-corrected chi connectivity index (χ4v) is 5.03. The van der Waals surface area contributed by atoms with Crippen molar-refractivity contribution in [2.24, 2.45) is 0 Å². The number of halogens is 1. The molecule has 0 heterocycles. The Kier molecular flexibility index (Phi) is 11.1. The molecule has 0 aliphatic carbocycles. The molecule has 0 atom stereocenters. The van der Waals surface area contributed by atoms with Crippen LogP contribution in [-0.4, -0.2) is 19.8 Å². The summed E-state index contributed by atoms with van der Waals surface area (Å²) >= 11 is -0.653. The summed E-state index contributed by atoms with van der Waals surface area (Å²) in [7, 11) is 0. The van der Waals surface area contributed by atoms with Crippen molar-refractivity contribution in [3.8, 4) is 0 Å². The Morgan fingerprint density at radius 3 is 1.12 bits per heavy atom. The van der Waals surface area contributed by atoms with Crippen LogP contribution in [0.15, 0.2) is 0 Å². The van der Waals surface area contributed by atoms with Gasteiger partial charge < -0.3 is 0 Å². The molecule has 0 aromatic carbocycles. The molecule has 0 aliphatic heterocycles. The Morgan fingerprint density at radius 2 is 1.12 bits per heavy atom. The van der Waals surface area contributed by atoms with Crippen LogP contribution in [0.25, 0.3) is 0 Å². The van der Waals surface area contributed by atoms with Crippen LogP contribution in [-0.2, 0) is 0 Å². The molecular formula is C6H16FSn. The van der Waals surface area contributed by atoms with Gasteiger partial charge in [-0.1, -0.05) is 0 Å². The Morgan fingerprint density at radius 1 is 0.875 bits per heavy atom. The molecule has 0 saturated heterocycles. The van der Waals surface area contributed by atoms with Crippen LogP contribution in [0.1, 0.15) is 20.8 Å². The van der Waals surface area contributed by atoms with Crippen LogP contribution in [0.2, 0.25) is 13.3 Å². The molecule has 0 saturated carbocycles. The van der Waals surface area contributed by atoms with Gasteiger partial charge in [0, 0.05) is 0 Å². The van der Waals surface area contributed by atoms with E-state index in [1.54, 1.807) is 13.3 Å². The Labute approximate surface area is 58.8 Å². The van der Waals surface area contributed by atoms with E-state index in [2.05, 4.69) is 20.8 Å². The fourth-order valence-electron chi connectivity index (χ4n) is 0.750. The van der Waals surface area contributed by atoms with Gasteiger partial charge in [-0.15, -0.1) is 0 Å². The largest absolute Gasteiger partial charge is 0.269 e. The predicted octanol–water partition coefficient (Wildman–Crippen LogP) is 2.69. The van der Waals surface area contributed by atoms with Gasteiger partial charge in [-0.2, -0.15) is 0 Å². The average molecular weight is 226 g/mol. The van der Waals surface area contributed by atoms with Crippen LogP contribution in [0.5, 0.6) is 0 Å². The van der Waals surface area contributed by atoms with Gasteiger partial charge >= 0.3 is 53.8 Å². The van der Waals surface area contributed by atoms with E-state index in [9.17, 15) is 0 Å². The SMILES string of the molecule is C[CH2][Sn]([CH2]C)[CH2]C.F. The summed E-state index contributed by atoms with van der Waals surface area (Å²) in [4.78, 5) is 0. The molecule has 1 radical (unpaired) electrons. The monoisotopic (exact) mass is 227 g/mol. The van der Waals surface area contributed by atoms with Crippen LogP contribution < -0.4 is 0 Å². The minimum Gasteiger partial charge on any atom is -0.269 e. The molecule has 8 heavy (non-hydrogen) atoms. The second kappa shape index (κ2) is 7.73. The maximum Gasteiger partial charge on any atom is -0.269 e. The summed E-state index contributed by atoms with van der Waals surface area (Å²) in [5, 5.41) is 0. The first kappa shape index (κ1) is 11.5. The van der Waals surface area contributed by atoms with Crippen molar-refractivity contribution in [2.45, 2.75) is 34.1 Å². The second-order valence-electron chi connectivity index (χ2n) is 1.81. The van der Waals surface area contributed by atoms with E-state index in [1.807, 2.05) is 0 Å². The van der Waals surface area contributed by atoms with Crippen LogP contribution in [0, 0.1) is 0 Å². The van der Waals surface area contributed by atoms with E-state index in [4.69, 9.17) is 0 Å². The van der Waals surface area contributed by atoms with Gasteiger partial charge in [0.1, 0.15) is 0 Å². The van der Waals surface area contributed by atoms with Gasteiger partial charge in [0.15, 0.2) is 0 Å². The van der Waals surface area contributed by atoms with Crippen molar-refractivity contribution in [3.63, 3.8) is 0 Å². The second-order valence-corrected chi connectivity index (χ2v) is 12.1. The third-order valence-electron chi connectivity index (χ3n) is 1.50.